The number of hydrogen-bond acceptors (Lipinski definition) is 6. The number of primary amides is 2. The van der Waals surface area contributed by atoms with Crippen LogP contribution in [0.2, 0.25) is 0 Å². The zero-order chi connectivity index (χ0) is 14.4. The lowest BCUT2D eigenvalue weighted by atomic mass is 10.3. The highest BCUT2D eigenvalue weighted by Crippen LogP contribution is 2.06. The summed E-state index contributed by atoms with van der Waals surface area (Å²) < 4.78 is 0. The first-order valence-electron chi connectivity index (χ1n) is 4.64. The fourth-order valence-corrected chi connectivity index (χ4v) is 0.602. The maximum atomic E-state index is 10.0. The van der Waals surface area contributed by atoms with Crippen LogP contribution in [0.1, 0.15) is 6.92 Å². The molecule has 4 N–H and O–H groups in total. The number of nitrogens with zero attached hydrogens (tertiary/aromatic N) is 2. The summed E-state index contributed by atoms with van der Waals surface area (Å²) >= 11 is 0. The molecule has 0 heterocycles. The normalized spacial score (nSPS) is 7.61. The molecule has 0 radical (unpaired) electrons. The average Bonchev–Trinajstić information content (AvgIpc) is 2.31. The van der Waals surface area contributed by atoms with Crippen molar-refractivity contribution in [3.63, 3.8) is 0 Å². The molecular weight excluding hydrogens is 244 g/mol. The summed E-state index contributed by atoms with van der Waals surface area (Å²) in [5, 5.41) is 12.1. The first kappa shape index (κ1) is 17.7. The standard InChI is InChI=1S/C6H5NO2.C2H5NO2.CH4N2O/c8-7(9)6-4-2-1-3-5-6;1-2-5-3-4;2-1(3)4/h1-5H;2H2,1H3;(H4,2,3,4). The molecule has 0 saturated heterocycles. The van der Waals surface area contributed by atoms with Crippen LogP contribution in [0.5, 0.6) is 0 Å². The van der Waals surface area contributed by atoms with Crippen molar-refractivity contribution in [3.05, 3.63) is 45.4 Å². The number of non-ortho nitro benzene ring substituents is 1. The van der Waals surface area contributed by atoms with E-state index in [4.69, 9.17) is 9.70 Å². The number of carbonyl (C=O) groups excluding carboxylic acids is 1. The quantitative estimate of drug-likeness (QED) is 0.475. The van der Waals surface area contributed by atoms with Gasteiger partial charge in [0.15, 0.2) is 5.34 Å². The van der Waals surface area contributed by atoms with E-state index in [-0.39, 0.29) is 5.69 Å². The molecule has 0 fully saturated rings. The first-order chi connectivity index (χ1) is 8.45. The van der Waals surface area contributed by atoms with Crippen molar-refractivity contribution in [1.29, 1.82) is 0 Å². The molecule has 0 spiro atoms. The zero-order valence-electron chi connectivity index (χ0n) is 9.68. The molecule has 1 rings (SSSR count). The van der Waals surface area contributed by atoms with Crippen LogP contribution in [-0.4, -0.2) is 17.6 Å². The molecule has 1 aromatic carbocycles. The molecule has 18 heavy (non-hydrogen) atoms. The molecule has 0 saturated carbocycles. The van der Waals surface area contributed by atoms with Crippen LogP contribution in [0.4, 0.5) is 10.5 Å². The second kappa shape index (κ2) is 12.4. The number of rotatable bonds is 3. The van der Waals surface area contributed by atoms with Gasteiger partial charge in [0, 0.05) is 12.1 Å². The largest absolute Gasteiger partial charge is 0.364 e. The highest BCUT2D eigenvalue weighted by molar-refractivity contribution is 5.69. The fraction of sp³-hybridized carbons (Fsp3) is 0.222. The van der Waals surface area contributed by atoms with Gasteiger partial charge in [-0.1, -0.05) is 18.2 Å². The van der Waals surface area contributed by atoms with Gasteiger partial charge in [0.2, 0.25) is 0 Å². The van der Waals surface area contributed by atoms with Crippen molar-refractivity contribution in [2.75, 3.05) is 6.61 Å². The van der Waals surface area contributed by atoms with Gasteiger partial charge < -0.3 is 16.3 Å². The Balaban J connectivity index is 0. The number of para-hydroxylation sites is 1. The lowest BCUT2D eigenvalue weighted by Crippen LogP contribution is -2.18. The third-order valence-electron chi connectivity index (χ3n) is 1.15. The second-order valence-corrected chi connectivity index (χ2v) is 2.49. The van der Waals surface area contributed by atoms with Crippen LogP contribution in [0.25, 0.3) is 0 Å². The van der Waals surface area contributed by atoms with Crippen LogP contribution in [0, 0.1) is 15.0 Å². The molecule has 2 amide bonds. The lowest BCUT2D eigenvalue weighted by Gasteiger charge is -1.85. The maximum absolute atomic E-state index is 10.0. The molecule has 0 aromatic heterocycles. The number of benzene rings is 1. The van der Waals surface area contributed by atoms with E-state index in [9.17, 15) is 10.1 Å². The van der Waals surface area contributed by atoms with Gasteiger partial charge in [0.1, 0.15) is 6.61 Å². The Hall–Kier alpha value is -2.71. The molecular formula is C9H14N4O5. The van der Waals surface area contributed by atoms with Crippen LogP contribution in [-0.2, 0) is 4.84 Å². The van der Waals surface area contributed by atoms with E-state index in [1.807, 2.05) is 0 Å². The topological polar surface area (TPSA) is 151 Å². The van der Waals surface area contributed by atoms with Crippen LogP contribution >= 0.6 is 0 Å². The summed E-state index contributed by atoms with van der Waals surface area (Å²) in [4.78, 5) is 31.4. The molecule has 0 aliphatic rings. The Morgan fingerprint density at radius 3 is 2.00 bits per heavy atom. The van der Waals surface area contributed by atoms with E-state index in [1.165, 1.54) is 12.1 Å². The molecule has 0 aliphatic carbocycles. The Labute approximate surface area is 103 Å². The van der Waals surface area contributed by atoms with Crippen molar-refractivity contribution in [3.8, 4) is 0 Å². The molecule has 0 aliphatic heterocycles. The Morgan fingerprint density at radius 1 is 1.39 bits per heavy atom. The summed E-state index contributed by atoms with van der Waals surface area (Å²) in [6.45, 7) is 2.06. The van der Waals surface area contributed by atoms with E-state index in [2.05, 4.69) is 21.6 Å². The van der Waals surface area contributed by atoms with Gasteiger partial charge in [-0.15, -0.1) is 4.91 Å². The second-order valence-electron chi connectivity index (χ2n) is 2.49. The van der Waals surface area contributed by atoms with Gasteiger partial charge in [-0.05, 0) is 6.92 Å². The van der Waals surface area contributed by atoms with Crippen molar-refractivity contribution in [2.24, 2.45) is 16.8 Å². The van der Waals surface area contributed by atoms with Gasteiger partial charge in [-0.25, -0.2) is 4.79 Å². The summed E-state index contributed by atoms with van der Waals surface area (Å²) in [5.74, 6) is 0. The van der Waals surface area contributed by atoms with Gasteiger partial charge >= 0.3 is 6.03 Å². The molecule has 9 heteroatoms. The van der Waals surface area contributed by atoms with E-state index < -0.39 is 11.0 Å². The summed E-state index contributed by atoms with van der Waals surface area (Å²) in [6, 6.07) is 7.10. The zero-order valence-corrected chi connectivity index (χ0v) is 9.68. The SMILES string of the molecule is CCON=O.NC(N)=O.O=[N+]([O-])c1ccccc1. The predicted octanol–water partition coefficient (Wildman–Crippen LogP) is 1.32. The van der Waals surface area contributed by atoms with E-state index in [0.29, 0.717) is 6.61 Å². The van der Waals surface area contributed by atoms with Gasteiger partial charge in [-0.2, -0.15) is 0 Å². The number of carbonyl (C=O) groups is 1. The van der Waals surface area contributed by atoms with Crippen molar-refractivity contribution < 1.29 is 14.6 Å². The maximum Gasteiger partial charge on any atom is 0.309 e. The third kappa shape index (κ3) is 15.7. The minimum absolute atomic E-state index is 0.137. The van der Waals surface area contributed by atoms with Crippen LogP contribution < -0.4 is 11.5 Å². The predicted molar refractivity (Wildman–Crippen MR) is 64.3 cm³/mol. The van der Waals surface area contributed by atoms with Gasteiger partial charge in [0.05, 0.1) is 4.92 Å². The number of amides is 2. The van der Waals surface area contributed by atoms with E-state index >= 15 is 0 Å². The summed E-state index contributed by atoms with van der Waals surface area (Å²) in [7, 11) is 0. The molecule has 0 unspecified atom stereocenters. The van der Waals surface area contributed by atoms with Crippen molar-refractivity contribution in [1.82, 2.24) is 0 Å². The number of nitro benzene ring substituents is 1. The highest BCUT2D eigenvalue weighted by atomic mass is 16.7. The van der Waals surface area contributed by atoms with Crippen molar-refractivity contribution in [2.45, 2.75) is 6.92 Å². The van der Waals surface area contributed by atoms with Crippen molar-refractivity contribution >= 4 is 11.7 Å². The van der Waals surface area contributed by atoms with Crippen LogP contribution in [0.15, 0.2) is 35.7 Å². The fourth-order valence-electron chi connectivity index (χ4n) is 0.602. The third-order valence-corrected chi connectivity index (χ3v) is 1.15. The Bertz CT molecular complexity index is 353. The number of urea groups is 1. The minimum atomic E-state index is -0.833. The van der Waals surface area contributed by atoms with Gasteiger partial charge in [0.25, 0.3) is 5.69 Å². The summed E-state index contributed by atoms with van der Waals surface area (Å²) in [5.41, 5.74) is 8.64. The van der Waals surface area contributed by atoms with Crippen LogP contribution in [0.3, 0.4) is 0 Å². The van der Waals surface area contributed by atoms with Gasteiger partial charge in [-0.3, -0.25) is 10.1 Å². The number of nitro groups is 1. The monoisotopic (exact) mass is 258 g/mol. The van der Waals surface area contributed by atoms with E-state index in [1.54, 1.807) is 25.1 Å². The average molecular weight is 258 g/mol. The Morgan fingerprint density at radius 2 is 1.83 bits per heavy atom. The molecule has 100 valence electrons. The number of nitrogens with two attached hydrogens (primary N) is 2. The number of hydrogen-bond donors (Lipinski definition) is 2. The minimum Gasteiger partial charge on any atom is -0.364 e. The molecule has 1 aromatic rings. The molecule has 9 nitrogen and oxygen atoms in total. The molecule has 0 atom stereocenters. The first-order valence-corrected chi connectivity index (χ1v) is 4.64. The summed E-state index contributed by atoms with van der Waals surface area (Å²) in [6.07, 6.45) is 0. The Kier molecular flexibility index (Phi) is 12.1. The highest BCUT2D eigenvalue weighted by Gasteiger charge is 1.98. The van der Waals surface area contributed by atoms with E-state index in [0.717, 1.165) is 0 Å². The molecule has 0 bridgehead atoms. The lowest BCUT2D eigenvalue weighted by molar-refractivity contribution is -0.384. The smallest absolute Gasteiger partial charge is 0.309 e.